The number of benzene rings is 2. The number of methoxy groups -OCH3 is 1. The normalized spacial score (nSPS) is 16.8. The van der Waals surface area contributed by atoms with Crippen LogP contribution in [0.3, 0.4) is 0 Å². The van der Waals surface area contributed by atoms with E-state index in [9.17, 15) is 15.0 Å². The van der Waals surface area contributed by atoms with E-state index in [1.165, 1.54) is 19.2 Å². The van der Waals surface area contributed by atoms with Crippen LogP contribution in [0.25, 0.3) is 0 Å². The Bertz CT molecular complexity index is 688. The van der Waals surface area contributed by atoms with Crippen LogP contribution in [0.1, 0.15) is 15.9 Å². The summed E-state index contributed by atoms with van der Waals surface area (Å²) in [5.41, 5.74) is 1.32. The van der Waals surface area contributed by atoms with Gasteiger partial charge in [-0.1, -0.05) is 12.1 Å². The molecule has 3 rings (SSSR count). The fraction of sp³-hybridized carbons (Fsp3) is 0.235. The third-order valence-electron chi connectivity index (χ3n) is 3.75. The molecule has 5 nitrogen and oxygen atoms in total. The molecule has 2 aromatic rings. The van der Waals surface area contributed by atoms with Crippen LogP contribution in [0.15, 0.2) is 36.4 Å². The largest absolute Gasteiger partial charge is 0.508 e. The highest BCUT2D eigenvalue weighted by Gasteiger charge is 2.32. The molecule has 0 spiro atoms. The minimum atomic E-state index is -0.324. The molecule has 22 heavy (non-hydrogen) atoms. The first-order valence-electron chi connectivity index (χ1n) is 6.94. The third kappa shape index (κ3) is 2.57. The Labute approximate surface area is 127 Å². The van der Waals surface area contributed by atoms with Crippen molar-refractivity contribution >= 4 is 5.78 Å². The van der Waals surface area contributed by atoms with Crippen molar-refractivity contribution in [3.05, 3.63) is 47.5 Å². The van der Waals surface area contributed by atoms with Crippen LogP contribution in [0.4, 0.5) is 0 Å². The number of ether oxygens (including phenoxy) is 2. The smallest absolute Gasteiger partial charge is 0.177 e. The highest BCUT2D eigenvalue weighted by molar-refractivity contribution is 6.04. The molecular formula is C17H16O5. The highest BCUT2D eigenvalue weighted by atomic mass is 16.5. The van der Waals surface area contributed by atoms with E-state index in [2.05, 4.69) is 0 Å². The van der Waals surface area contributed by atoms with Crippen molar-refractivity contribution in [2.45, 2.75) is 6.42 Å². The van der Waals surface area contributed by atoms with E-state index in [1.54, 1.807) is 24.3 Å². The summed E-state index contributed by atoms with van der Waals surface area (Å²) in [6.45, 7) is 0.249. The Hall–Kier alpha value is -2.69. The molecule has 2 aromatic carbocycles. The van der Waals surface area contributed by atoms with Gasteiger partial charge in [0.05, 0.1) is 19.6 Å². The van der Waals surface area contributed by atoms with E-state index in [0.717, 1.165) is 5.56 Å². The average Bonchev–Trinajstić information content (AvgIpc) is 2.51. The Morgan fingerprint density at radius 2 is 1.91 bits per heavy atom. The van der Waals surface area contributed by atoms with Crippen LogP contribution in [0, 0.1) is 5.92 Å². The van der Waals surface area contributed by atoms with Gasteiger partial charge in [-0.05, 0) is 24.1 Å². The van der Waals surface area contributed by atoms with E-state index in [1.807, 2.05) is 0 Å². The van der Waals surface area contributed by atoms with Gasteiger partial charge in [0.1, 0.15) is 28.6 Å². The van der Waals surface area contributed by atoms with Gasteiger partial charge >= 0.3 is 0 Å². The molecule has 0 aromatic heterocycles. The average molecular weight is 300 g/mol. The van der Waals surface area contributed by atoms with Crippen molar-refractivity contribution in [1.82, 2.24) is 0 Å². The molecular weight excluding hydrogens is 284 g/mol. The molecule has 1 atom stereocenters. The van der Waals surface area contributed by atoms with Gasteiger partial charge in [-0.25, -0.2) is 0 Å². The number of aromatic hydroxyl groups is 2. The first-order valence-corrected chi connectivity index (χ1v) is 6.94. The maximum Gasteiger partial charge on any atom is 0.177 e. The van der Waals surface area contributed by atoms with E-state index in [0.29, 0.717) is 23.5 Å². The molecule has 0 radical (unpaired) electrons. The first kappa shape index (κ1) is 14.3. The highest BCUT2D eigenvalue weighted by Crippen LogP contribution is 2.38. The van der Waals surface area contributed by atoms with Crippen molar-refractivity contribution in [2.24, 2.45) is 5.92 Å². The molecule has 0 amide bonds. The number of phenolic OH excluding ortho intramolecular Hbond substituents is 2. The fourth-order valence-corrected chi connectivity index (χ4v) is 2.63. The third-order valence-corrected chi connectivity index (χ3v) is 3.75. The van der Waals surface area contributed by atoms with E-state index in [-0.39, 0.29) is 29.8 Å². The van der Waals surface area contributed by atoms with Crippen LogP contribution < -0.4 is 9.47 Å². The summed E-state index contributed by atoms with van der Waals surface area (Å²) in [6.07, 6.45) is 0.516. The molecule has 0 saturated heterocycles. The van der Waals surface area contributed by atoms with Crippen molar-refractivity contribution < 1.29 is 24.5 Å². The first-order chi connectivity index (χ1) is 10.6. The van der Waals surface area contributed by atoms with Crippen LogP contribution in [-0.4, -0.2) is 29.7 Å². The molecule has 5 heteroatoms. The Kier molecular flexibility index (Phi) is 3.63. The number of rotatable bonds is 3. The molecule has 1 aliphatic rings. The standard InChI is InChI=1S/C17H16O5/c1-21-14-7-13(19)8-15-16(14)17(20)11(9-22-15)6-10-2-4-12(18)5-3-10/h2-5,7-8,11,18-19H,6,9H2,1H3/t11-/m0/s1. The zero-order valence-electron chi connectivity index (χ0n) is 12.1. The quantitative estimate of drug-likeness (QED) is 0.911. The lowest BCUT2D eigenvalue weighted by molar-refractivity contribution is 0.0825. The summed E-state index contributed by atoms with van der Waals surface area (Å²) < 4.78 is 10.8. The van der Waals surface area contributed by atoms with Gasteiger partial charge in [0.2, 0.25) is 0 Å². The fourth-order valence-electron chi connectivity index (χ4n) is 2.63. The lowest BCUT2D eigenvalue weighted by Crippen LogP contribution is -2.30. The maximum atomic E-state index is 12.7. The van der Waals surface area contributed by atoms with Crippen molar-refractivity contribution in [1.29, 1.82) is 0 Å². The maximum absolute atomic E-state index is 12.7. The second kappa shape index (κ2) is 5.60. The number of ketones is 1. The second-order valence-corrected chi connectivity index (χ2v) is 5.26. The van der Waals surface area contributed by atoms with Crippen molar-refractivity contribution in [2.75, 3.05) is 13.7 Å². The summed E-state index contributed by atoms with van der Waals surface area (Å²) in [4.78, 5) is 12.7. The van der Waals surface area contributed by atoms with E-state index in [4.69, 9.17) is 9.47 Å². The molecule has 0 fully saturated rings. The minimum Gasteiger partial charge on any atom is -0.508 e. The Morgan fingerprint density at radius 1 is 1.18 bits per heavy atom. The summed E-state index contributed by atoms with van der Waals surface area (Å²) in [6, 6.07) is 9.58. The van der Waals surface area contributed by atoms with Crippen molar-refractivity contribution in [3.8, 4) is 23.0 Å². The second-order valence-electron chi connectivity index (χ2n) is 5.26. The predicted octanol–water partition coefficient (Wildman–Crippen LogP) is 2.54. The number of carbonyl (C=O) groups is 1. The monoisotopic (exact) mass is 300 g/mol. The van der Waals surface area contributed by atoms with Gasteiger partial charge in [0, 0.05) is 12.1 Å². The molecule has 0 unspecified atom stereocenters. The zero-order chi connectivity index (χ0) is 15.7. The van der Waals surface area contributed by atoms with Crippen LogP contribution in [-0.2, 0) is 6.42 Å². The molecule has 114 valence electrons. The van der Waals surface area contributed by atoms with Crippen LogP contribution in [0.2, 0.25) is 0 Å². The van der Waals surface area contributed by atoms with E-state index >= 15 is 0 Å². The number of carbonyl (C=O) groups excluding carboxylic acids is 1. The van der Waals surface area contributed by atoms with Gasteiger partial charge in [-0.2, -0.15) is 0 Å². The lowest BCUT2D eigenvalue weighted by atomic mass is 9.89. The molecule has 2 N–H and O–H groups in total. The lowest BCUT2D eigenvalue weighted by Gasteiger charge is -2.25. The summed E-state index contributed by atoms with van der Waals surface area (Å²) in [5.74, 6) is 0.471. The molecule has 0 bridgehead atoms. The number of Topliss-reactive ketones (excluding diaryl/α,β-unsaturated/α-hetero) is 1. The molecule has 1 heterocycles. The van der Waals surface area contributed by atoms with Gasteiger partial charge in [-0.15, -0.1) is 0 Å². The van der Waals surface area contributed by atoms with Crippen LogP contribution in [0.5, 0.6) is 23.0 Å². The van der Waals surface area contributed by atoms with Gasteiger partial charge in [0.15, 0.2) is 5.78 Å². The topological polar surface area (TPSA) is 76.0 Å². The van der Waals surface area contributed by atoms with Gasteiger partial charge in [-0.3, -0.25) is 4.79 Å². The Balaban J connectivity index is 1.89. The van der Waals surface area contributed by atoms with Crippen molar-refractivity contribution in [3.63, 3.8) is 0 Å². The molecule has 0 aliphatic carbocycles. The van der Waals surface area contributed by atoms with Gasteiger partial charge < -0.3 is 19.7 Å². The molecule has 1 aliphatic heterocycles. The van der Waals surface area contributed by atoms with Crippen LogP contribution >= 0.6 is 0 Å². The zero-order valence-corrected chi connectivity index (χ0v) is 12.1. The number of hydrogen-bond acceptors (Lipinski definition) is 5. The molecule has 0 saturated carbocycles. The SMILES string of the molecule is COc1cc(O)cc2c1C(=O)[C@@H](Cc1ccc(O)cc1)CO2. The summed E-state index contributed by atoms with van der Waals surface area (Å²) in [5, 5.41) is 18.9. The number of phenols is 2. The Morgan fingerprint density at radius 3 is 2.59 bits per heavy atom. The minimum absolute atomic E-state index is 0.000356. The predicted molar refractivity (Wildman–Crippen MR) is 79.8 cm³/mol. The number of fused-ring (bicyclic) bond motifs is 1. The summed E-state index contributed by atoms with van der Waals surface area (Å²) >= 11 is 0. The van der Waals surface area contributed by atoms with E-state index < -0.39 is 0 Å². The van der Waals surface area contributed by atoms with Gasteiger partial charge in [0.25, 0.3) is 0 Å². The number of hydrogen-bond donors (Lipinski definition) is 2. The summed E-state index contributed by atoms with van der Waals surface area (Å²) in [7, 11) is 1.45.